The fourth-order valence-corrected chi connectivity index (χ4v) is 2.10. The smallest absolute Gasteiger partial charge is 0.166 e. The standard InChI is InChI=1S/C14H14F2/c1-2-10-6-3-4-7-11(10)12-8-5-9-13(15)14(12)16/h3-5,7-10H,2,6H2,1H3. The molecule has 1 atom stereocenters. The molecule has 1 aliphatic rings. The number of rotatable bonds is 2. The zero-order valence-corrected chi connectivity index (χ0v) is 9.21. The van der Waals surface area contributed by atoms with E-state index in [0.717, 1.165) is 24.5 Å². The van der Waals surface area contributed by atoms with Gasteiger partial charge in [-0.15, -0.1) is 0 Å². The highest BCUT2D eigenvalue weighted by molar-refractivity contribution is 5.70. The van der Waals surface area contributed by atoms with Crippen LogP contribution in [0, 0.1) is 17.6 Å². The minimum absolute atomic E-state index is 0.293. The van der Waals surface area contributed by atoms with Crippen LogP contribution in [0.1, 0.15) is 25.3 Å². The summed E-state index contributed by atoms with van der Waals surface area (Å²) in [6.07, 6.45) is 7.70. The maximum atomic E-state index is 13.7. The minimum atomic E-state index is -0.775. The van der Waals surface area contributed by atoms with Crippen LogP contribution in [0.3, 0.4) is 0 Å². The third-order valence-corrected chi connectivity index (χ3v) is 3.03. The fraction of sp³-hybridized carbons (Fsp3) is 0.286. The number of benzene rings is 1. The van der Waals surface area contributed by atoms with Gasteiger partial charge < -0.3 is 0 Å². The molecule has 84 valence electrons. The number of hydrogen-bond donors (Lipinski definition) is 0. The molecule has 0 spiro atoms. The van der Waals surface area contributed by atoms with Gasteiger partial charge in [0.25, 0.3) is 0 Å². The number of halogens is 2. The van der Waals surface area contributed by atoms with Crippen molar-refractivity contribution in [3.8, 4) is 0 Å². The summed E-state index contributed by atoms with van der Waals surface area (Å²) in [6.45, 7) is 2.06. The van der Waals surface area contributed by atoms with Gasteiger partial charge in [-0.3, -0.25) is 0 Å². The Labute approximate surface area is 94.3 Å². The van der Waals surface area contributed by atoms with E-state index in [1.54, 1.807) is 12.1 Å². The molecule has 0 aromatic heterocycles. The Morgan fingerprint density at radius 1 is 1.31 bits per heavy atom. The van der Waals surface area contributed by atoms with Crippen molar-refractivity contribution < 1.29 is 8.78 Å². The van der Waals surface area contributed by atoms with Crippen LogP contribution in [-0.2, 0) is 0 Å². The van der Waals surface area contributed by atoms with Gasteiger partial charge in [0, 0.05) is 5.56 Å². The van der Waals surface area contributed by atoms with E-state index >= 15 is 0 Å². The first-order valence-corrected chi connectivity index (χ1v) is 5.55. The van der Waals surface area contributed by atoms with E-state index in [2.05, 4.69) is 13.0 Å². The van der Waals surface area contributed by atoms with E-state index in [1.807, 2.05) is 12.2 Å². The van der Waals surface area contributed by atoms with Crippen LogP contribution in [0.2, 0.25) is 0 Å². The van der Waals surface area contributed by atoms with Gasteiger partial charge >= 0.3 is 0 Å². The summed E-state index contributed by atoms with van der Waals surface area (Å²) >= 11 is 0. The van der Waals surface area contributed by atoms with Crippen LogP contribution < -0.4 is 0 Å². The first-order valence-electron chi connectivity index (χ1n) is 5.55. The third kappa shape index (κ3) is 1.92. The first kappa shape index (κ1) is 11.1. The predicted octanol–water partition coefficient (Wildman–Crippen LogP) is 4.33. The molecule has 0 N–H and O–H groups in total. The van der Waals surface area contributed by atoms with Gasteiger partial charge in [-0.1, -0.05) is 37.3 Å². The van der Waals surface area contributed by atoms with Crippen molar-refractivity contribution in [3.05, 3.63) is 53.6 Å². The lowest BCUT2D eigenvalue weighted by Crippen LogP contribution is -2.06. The highest BCUT2D eigenvalue weighted by Crippen LogP contribution is 2.33. The fourth-order valence-electron chi connectivity index (χ4n) is 2.10. The molecule has 0 amide bonds. The average molecular weight is 220 g/mol. The Morgan fingerprint density at radius 3 is 2.88 bits per heavy atom. The Balaban J connectivity index is 2.46. The van der Waals surface area contributed by atoms with Gasteiger partial charge in [-0.25, -0.2) is 8.78 Å². The van der Waals surface area contributed by atoms with Gasteiger partial charge in [0.2, 0.25) is 0 Å². The second-order valence-electron chi connectivity index (χ2n) is 3.99. The van der Waals surface area contributed by atoms with Crippen molar-refractivity contribution in [2.45, 2.75) is 19.8 Å². The zero-order valence-electron chi connectivity index (χ0n) is 9.21. The Kier molecular flexibility index (Phi) is 3.18. The molecule has 2 heteroatoms. The van der Waals surface area contributed by atoms with Crippen LogP contribution in [0.15, 0.2) is 36.4 Å². The highest BCUT2D eigenvalue weighted by atomic mass is 19.2. The molecule has 16 heavy (non-hydrogen) atoms. The Bertz CT molecular complexity index is 444. The molecule has 1 aromatic carbocycles. The summed E-state index contributed by atoms with van der Waals surface area (Å²) in [5.74, 6) is -1.22. The largest absolute Gasteiger partial charge is 0.204 e. The quantitative estimate of drug-likeness (QED) is 0.695. The predicted molar refractivity (Wildman–Crippen MR) is 61.9 cm³/mol. The van der Waals surface area contributed by atoms with E-state index in [4.69, 9.17) is 0 Å². The highest BCUT2D eigenvalue weighted by Gasteiger charge is 2.19. The van der Waals surface area contributed by atoms with Crippen molar-refractivity contribution in [2.75, 3.05) is 0 Å². The molecule has 0 aliphatic heterocycles. The molecule has 1 aliphatic carbocycles. The molecule has 0 heterocycles. The zero-order chi connectivity index (χ0) is 11.5. The maximum absolute atomic E-state index is 13.7. The summed E-state index contributed by atoms with van der Waals surface area (Å²) in [5.41, 5.74) is 1.30. The minimum Gasteiger partial charge on any atom is -0.204 e. The van der Waals surface area contributed by atoms with E-state index in [0.29, 0.717) is 11.5 Å². The van der Waals surface area contributed by atoms with E-state index in [-0.39, 0.29) is 0 Å². The lowest BCUT2D eigenvalue weighted by atomic mass is 9.85. The van der Waals surface area contributed by atoms with Gasteiger partial charge in [-0.05, 0) is 30.4 Å². The average Bonchev–Trinajstić information content (AvgIpc) is 2.33. The first-order chi connectivity index (χ1) is 7.74. The lowest BCUT2D eigenvalue weighted by molar-refractivity contribution is 0.503. The summed E-state index contributed by atoms with van der Waals surface area (Å²) in [4.78, 5) is 0. The van der Waals surface area contributed by atoms with Gasteiger partial charge in [0.1, 0.15) is 0 Å². The third-order valence-electron chi connectivity index (χ3n) is 3.03. The molecule has 0 fully saturated rings. The Hall–Kier alpha value is -1.44. The molecule has 0 saturated heterocycles. The molecule has 2 rings (SSSR count). The monoisotopic (exact) mass is 220 g/mol. The molecule has 0 bridgehead atoms. The van der Waals surface area contributed by atoms with Gasteiger partial charge in [0.15, 0.2) is 11.6 Å². The molecular weight excluding hydrogens is 206 g/mol. The van der Waals surface area contributed by atoms with Crippen molar-refractivity contribution in [1.29, 1.82) is 0 Å². The number of allylic oxidation sites excluding steroid dienone is 4. The van der Waals surface area contributed by atoms with E-state index in [1.165, 1.54) is 0 Å². The van der Waals surface area contributed by atoms with E-state index < -0.39 is 11.6 Å². The summed E-state index contributed by atoms with van der Waals surface area (Å²) in [5, 5.41) is 0. The summed E-state index contributed by atoms with van der Waals surface area (Å²) < 4.78 is 26.8. The Morgan fingerprint density at radius 2 is 2.12 bits per heavy atom. The lowest BCUT2D eigenvalue weighted by Gasteiger charge is -2.20. The van der Waals surface area contributed by atoms with Gasteiger partial charge in [-0.2, -0.15) is 0 Å². The van der Waals surface area contributed by atoms with Crippen molar-refractivity contribution in [3.63, 3.8) is 0 Å². The van der Waals surface area contributed by atoms with Crippen molar-refractivity contribution in [2.24, 2.45) is 5.92 Å². The maximum Gasteiger partial charge on any atom is 0.166 e. The molecule has 1 aromatic rings. The topological polar surface area (TPSA) is 0 Å². The SMILES string of the molecule is CCC1CC=CC=C1c1cccc(F)c1F. The van der Waals surface area contributed by atoms with Crippen molar-refractivity contribution in [1.82, 2.24) is 0 Å². The second kappa shape index (κ2) is 4.60. The molecule has 0 saturated carbocycles. The van der Waals surface area contributed by atoms with Crippen LogP contribution in [0.4, 0.5) is 8.78 Å². The van der Waals surface area contributed by atoms with Gasteiger partial charge in [0.05, 0.1) is 0 Å². The van der Waals surface area contributed by atoms with Crippen LogP contribution >= 0.6 is 0 Å². The van der Waals surface area contributed by atoms with Crippen LogP contribution in [0.5, 0.6) is 0 Å². The number of hydrogen-bond acceptors (Lipinski definition) is 0. The molecule has 0 nitrogen and oxygen atoms in total. The second-order valence-corrected chi connectivity index (χ2v) is 3.99. The van der Waals surface area contributed by atoms with Crippen LogP contribution in [-0.4, -0.2) is 0 Å². The molecule has 0 radical (unpaired) electrons. The normalized spacial score (nSPS) is 19.7. The molecular formula is C14H14F2. The van der Waals surface area contributed by atoms with Crippen molar-refractivity contribution >= 4 is 5.57 Å². The molecule has 1 unspecified atom stereocenters. The van der Waals surface area contributed by atoms with E-state index in [9.17, 15) is 8.78 Å². The summed E-state index contributed by atoms with van der Waals surface area (Å²) in [7, 11) is 0. The van der Waals surface area contributed by atoms with Crippen LogP contribution in [0.25, 0.3) is 5.57 Å². The summed E-state index contributed by atoms with van der Waals surface area (Å²) in [6, 6.07) is 4.35.